The number of anilines is 1. The van der Waals surface area contributed by atoms with Gasteiger partial charge in [-0.2, -0.15) is 0 Å². The lowest BCUT2D eigenvalue weighted by molar-refractivity contribution is 0.208. The molecular formula is C21H25N7O. The van der Waals surface area contributed by atoms with Gasteiger partial charge in [0.25, 0.3) is 0 Å². The Morgan fingerprint density at radius 3 is 3.07 bits per heavy atom. The van der Waals surface area contributed by atoms with Crippen molar-refractivity contribution in [2.75, 3.05) is 18.4 Å². The third-order valence-corrected chi connectivity index (χ3v) is 5.74. The lowest BCUT2D eigenvalue weighted by Crippen LogP contribution is -2.39. The average molecular weight is 391 g/mol. The van der Waals surface area contributed by atoms with Crippen LogP contribution in [0.3, 0.4) is 0 Å². The molecule has 3 aromatic heterocycles. The zero-order valence-electron chi connectivity index (χ0n) is 16.3. The normalized spacial score (nSPS) is 18.6. The Morgan fingerprint density at radius 1 is 1.17 bits per heavy atom. The van der Waals surface area contributed by atoms with Crippen molar-refractivity contribution in [3.63, 3.8) is 0 Å². The van der Waals surface area contributed by atoms with Gasteiger partial charge in [0, 0.05) is 37.2 Å². The van der Waals surface area contributed by atoms with Crippen LogP contribution in [0.15, 0.2) is 36.7 Å². The van der Waals surface area contributed by atoms with Gasteiger partial charge in [-0.15, -0.1) is 5.10 Å². The largest absolute Gasteiger partial charge is 0.364 e. The van der Waals surface area contributed by atoms with Crippen molar-refractivity contribution in [1.82, 2.24) is 29.8 Å². The molecule has 4 heterocycles. The molecule has 1 aliphatic heterocycles. The Morgan fingerprint density at radius 2 is 2.10 bits per heavy atom. The van der Waals surface area contributed by atoms with Crippen LogP contribution in [-0.4, -0.2) is 49.6 Å². The highest BCUT2D eigenvalue weighted by atomic mass is 16.2. The summed E-state index contributed by atoms with van der Waals surface area (Å²) in [6.45, 7) is 1.86. The summed E-state index contributed by atoms with van der Waals surface area (Å²) >= 11 is 0. The predicted molar refractivity (Wildman–Crippen MR) is 110 cm³/mol. The first-order valence-corrected chi connectivity index (χ1v) is 10.3. The summed E-state index contributed by atoms with van der Waals surface area (Å²) in [6.07, 6.45) is 9.08. The molecular weight excluding hydrogens is 366 g/mol. The first kappa shape index (κ1) is 17.9. The SMILES string of the molecule is O=C(NCc1ccc2c(n1)CCCC2)N1CCC(Nc2ccc3nccn3n2)C1. The number of carbonyl (C=O) groups excluding carboxylic acids is 1. The van der Waals surface area contributed by atoms with E-state index in [-0.39, 0.29) is 12.1 Å². The molecule has 29 heavy (non-hydrogen) atoms. The van der Waals surface area contributed by atoms with Crippen molar-refractivity contribution in [3.05, 3.63) is 53.6 Å². The van der Waals surface area contributed by atoms with E-state index in [9.17, 15) is 4.79 Å². The van der Waals surface area contributed by atoms with Crippen LogP contribution in [0.25, 0.3) is 5.65 Å². The van der Waals surface area contributed by atoms with Gasteiger partial charge in [0.2, 0.25) is 0 Å². The van der Waals surface area contributed by atoms with Gasteiger partial charge >= 0.3 is 6.03 Å². The van der Waals surface area contributed by atoms with Gasteiger partial charge in [0.1, 0.15) is 5.82 Å². The number of nitrogens with one attached hydrogen (secondary N) is 2. The zero-order chi connectivity index (χ0) is 19.6. The van der Waals surface area contributed by atoms with Crippen molar-refractivity contribution in [1.29, 1.82) is 0 Å². The van der Waals surface area contributed by atoms with Crippen LogP contribution >= 0.6 is 0 Å². The molecule has 0 saturated carbocycles. The van der Waals surface area contributed by atoms with Gasteiger partial charge in [0.05, 0.1) is 12.2 Å². The molecule has 1 unspecified atom stereocenters. The molecule has 3 aromatic rings. The molecule has 8 heteroatoms. The fourth-order valence-electron chi connectivity index (χ4n) is 4.17. The molecule has 2 aliphatic rings. The molecule has 2 amide bonds. The number of aromatic nitrogens is 4. The van der Waals surface area contributed by atoms with Crippen LogP contribution < -0.4 is 10.6 Å². The minimum Gasteiger partial charge on any atom is -0.364 e. The first-order chi connectivity index (χ1) is 14.2. The molecule has 5 rings (SSSR count). The van der Waals surface area contributed by atoms with E-state index < -0.39 is 0 Å². The maximum atomic E-state index is 12.6. The summed E-state index contributed by atoms with van der Waals surface area (Å²) in [5.41, 5.74) is 4.32. The Bertz CT molecular complexity index is 1030. The standard InChI is InChI=1S/C21H25N7O/c29-21(23-13-16-6-5-15-3-1-2-4-18(15)24-16)27-11-9-17(14-27)25-19-7-8-20-22-10-12-28(20)26-19/h5-8,10,12,17H,1-4,9,11,13-14H2,(H,23,29)(H,25,26). The number of nitrogens with zero attached hydrogens (tertiary/aromatic N) is 5. The van der Waals surface area contributed by atoms with Crippen LogP contribution in [0, 0.1) is 0 Å². The highest BCUT2D eigenvalue weighted by molar-refractivity contribution is 5.74. The van der Waals surface area contributed by atoms with Crippen LogP contribution in [0.1, 0.15) is 36.2 Å². The van der Waals surface area contributed by atoms with E-state index >= 15 is 0 Å². The van der Waals surface area contributed by atoms with E-state index in [0.29, 0.717) is 13.1 Å². The third-order valence-electron chi connectivity index (χ3n) is 5.74. The number of likely N-dealkylation sites (tertiary alicyclic amines) is 1. The van der Waals surface area contributed by atoms with Crippen LogP contribution in [0.4, 0.5) is 10.6 Å². The lowest BCUT2D eigenvalue weighted by Gasteiger charge is -2.19. The number of rotatable bonds is 4. The summed E-state index contributed by atoms with van der Waals surface area (Å²) in [5.74, 6) is 0.793. The molecule has 8 nitrogen and oxygen atoms in total. The molecule has 1 atom stereocenters. The van der Waals surface area contributed by atoms with E-state index in [2.05, 4.69) is 26.8 Å². The summed E-state index contributed by atoms with van der Waals surface area (Å²) in [5, 5.41) is 10.9. The maximum Gasteiger partial charge on any atom is 0.317 e. The first-order valence-electron chi connectivity index (χ1n) is 10.3. The molecule has 0 radical (unpaired) electrons. The number of pyridine rings is 1. The molecule has 0 aromatic carbocycles. The third kappa shape index (κ3) is 3.87. The van der Waals surface area contributed by atoms with Gasteiger partial charge in [0.15, 0.2) is 5.65 Å². The Kier molecular flexibility index (Phi) is 4.75. The van der Waals surface area contributed by atoms with E-state index in [1.807, 2.05) is 29.3 Å². The zero-order valence-corrected chi connectivity index (χ0v) is 16.3. The quantitative estimate of drug-likeness (QED) is 0.713. The second kappa shape index (κ2) is 7.69. The molecule has 1 saturated heterocycles. The second-order valence-electron chi connectivity index (χ2n) is 7.80. The summed E-state index contributed by atoms with van der Waals surface area (Å²) in [6, 6.07) is 8.22. The number of hydrogen-bond acceptors (Lipinski definition) is 5. The van der Waals surface area contributed by atoms with Crippen molar-refractivity contribution >= 4 is 17.5 Å². The smallest absolute Gasteiger partial charge is 0.317 e. The number of hydrogen-bond donors (Lipinski definition) is 2. The van der Waals surface area contributed by atoms with Gasteiger partial charge in [-0.05, 0) is 55.9 Å². The number of fused-ring (bicyclic) bond motifs is 2. The number of amides is 2. The van der Waals surface area contributed by atoms with Crippen LogP contribution in [0.2, 0.25) is 0 Å². The topological polar surface area (TPSA) is 87.5 Å². The molecule has 150 valence electrons. The average Bonchev–Trinajstić information content (AvgIpc) is 3.41. The highest BCUT2D eigenvalue weighted by Gasteiger charge is 2.26. The van der Waals surface area contributed by atoms with Crippen molar-refractivity contribution in [2.24, 2.45) is 0 Å². The Balaban J connectivity index is 1.14. The van der Waals surface area contributed by atoms with E-state index in [0.717, 1.165) is 43.0 Å². The minimum absolute atomic E-state index is 0.0353. The van der Waals surface area contributed by atoms with E-state index in [1.54, 1.807) is 10.7 Å². The predicted octanol–water partition coefficient (Wildman–Crippen LogP) is 2.40. The van der Waals surface area contributed by atoms with Gasteiger partial charge < -0.3 is 15.5 Å². The number of urea groups is 1. The summed E-state index contributed by atoms with van der Waals surface area (Å²) < 4.78 is 1.74. The monoisotopic (exact) mass is 391 g/mol. The van der Waals surface area contributed by atoms with Crippen LogP contribution in [-0.2, 0) is 19.4 Å². The minimum atomic E-state index is -0.0353. The fraction of sp³-hybridized carbons (Fsp3) is 0.429. The van der Waals surface area contributed by atoms with Crippen molar-refractivity contribution < 1.29 is 4.79 Å². The number of carbonyl (C=O) groups is 1. The molecule has 2 N–H and O–H groups in total. The molecule has 0 bridgehead atoms. The lowest BCUT2D eigenvalue weighted by atomic mass is 9.96. The van der Waals surface area contributed by atoms with Gasteiger partial charge in [-0.1, -0.05) is 6.07 Å². The fourth-order valence-corrected chi connectivity index (χ4v) is 4.17. The second-order valence-corrected chi connectivity index (χ2v) is 7.80. The Hall–Kier alpha value is -3.16. The molecule has 1 aliphatic carbocycles. The maximum absolute atomic E-state index is 12.6. The van der Waals surface area contributed by atoms with E-state index in [4.69, 9.17) is 4.98 Å². The summed E-state index contributed by atoms with van der Waals surface area (Å²) in [7, 11) is 0. The van der Waals surface area contributed by atoms with Crippen molar-refractivity contribution in [2.45, 2.75) is 44.7 Å². The van der Waals surface area contributed by atoms with Gasteiger partial charge in [-0.25, -0.2) is 14.3 Å². The molecule has 1 fully saturated rings. The highest BCUT2D eigenvalue weighted by Crippen LogP contribution is 2.20. The number of aryl methyl sites for hydroxylation is 2. The van der Waals surface area contributed by atoms with Crippen LogP contribution in [0.5, 0.6) is 0 Å². The van der Waals surface area contributed by atoms with Gasteiger partial charge in [-0.3, -0.25) is 4.98 Å². The number of imidazole rings is 1. The van der Waals surface area contributed by atoms with E-state index in [1.165, 1.54) is 24.1 Å². The van der Waals surface area contributed by atoms with Crippen molar-refractivity contribution in [3.8, 4) is 0 Å². The summed E-state index contributed by atoms with van der Waals surface area (Å²) in [4.78, 5) is 23.4. The Labute approximate surface area is 169 Å². The molecule has 0 spiro atoms.